The third-order valence-electron chi connectivity index (χ3n) is 1.77. The molecule has 0 atom stereocenters. The number of anilines is 2. The molecular formula is C10H17N2O3P. The molecule has 90 valence electrons. The first-order chi connectivity index (χ1) is 7.59. The quantitative estimate of drug-likeness (QED) is 0.594. The highest BCUT2D eigenvalue weighted by molar-refractivity contribution is 7.55. The highest BCUT2D eigenvalue weighted by atomic mass is 31.2. The van der Waals surface area contributed by atoms with Gasteiger partial charge in [0.05, 0.1) is 13.2 Å². The van der Waals surface area contributed by atoms with Gasteiger partial charge in [-0.05, 0) is 38.1 Å². The van der Waals surface area contributed by atoms with Gasteiger partial charge in [0.15, 0.2) is 0 Å². The zero-order valence-corrected chi connectivity index (χ0v) is 10.4. The van der Waals surface area contributed by atoms with Crippen LogP contribution in [0.5, 0.6) is 0 Å². The minimum atomic E-state index is -3.25. The van der Waals surface area contributed by atoms with Crippen LogP contribution in [0.25, 0.3) is 0 Å². The van der Waals surface area contributed by atoms with Crippen LogP contribution in [0.4, 0.5) is 11.4 Å². The van der Waals surface area contributed by atoms with Crippen molar-refractivity contribution >= 4 is 19.1 Å². The molecule has 0 saturated heterocycles. The number of hydrogen-bond acceptors (Lipinski definition) is 4. The first kappa shape index (κ1) is 13.0. The lowest BCUT2D eigenvalue weighted by Gasteiger charge is -2.18. The molecule has 16 heavy (non-hydrogen) atoms. The molecule has 0 aliphatic rings. The van der Waals surface area contributed by atoms with E-state index < -0.39 is 7.75 Å². The van der Waals surface area contributed by atoms with E-state index in [-0.39, 0.29) is 0 Å². The lowest BCUT2D eigenvalue weighted by atomic mass is 10.3. The molecule has 0 bridgehead atoms. The lowest BCUT2D eigenvalue weighted by Crippen LogP contribution is -2.04. The topological polar surface area (TPSA) is 73.6 Å². The summed E-state index contributed by atoms with van der Waals surface area (Å²) in [4.78, 5) is 0. The van der Waals surface area contributed by atoms with Gasteiger partial charge in [-0.15, -0.1) is 0 Å². The fourth-order valence-corrected chi connectivity index (χ4v) is 2.51. The Kier molecular flexibility index (Phi) is 4.80. The average Bonchev–Trinajstić information content (AvgIpc) is 2.22. The number of benzene rings is 1. The second-order valence-corrected chi connectivity index (χ2v) is 4.80. The van der Waals surface area contributed by atoms with Gasteiger partial charge in [-0.3, -0.25) is 14.1 Å². The molecule has 0 saturated carbocycles. The van der Waals surface area contributed by atoms with Gasteiger partial charge in [-0.25, -0.2) is 4.57 Å². The summed E-state index contributed by atoms with van der Waals surface area (Å²) in [6, 6.07) is 6.87. The third-order valence-corrected chi connectivity index (χ3v) is 3.50. The molecule has 0 unspecified atom stereocenters. The van der Waals surface area contributed by atoms with E-state index >= 15 is 0 Å². The lowest BCUT2D eigenvalue weighted by molar-refractivity contribution is 0.225. The van der Waals surface area contributed by atoms with Crippen LogP contribution >= 0.6 is 7.75 Å². The molecule has 3 N–H and O–H groups in total. The summed E-state index contributed by atoms with van der Waals surface area (Å²) in [6.45, 7) is 4.16. The molecular weight excluding hydrogens is 227 g/mol. The Hall–Kier alpha value is -1.03. The minimum Gasteiger partial charge on any atom is -0.399 e. The maximum absolute atomic E-state index is 12.1. The molecule has 0 spiro atoms. The summed E-state index contributed by atoms with van der Waals surface area (Å²) in [7, 11) is -3.25. The van der Waals surface area contributed by atoms with Crippen LogP contribution in [-0.2, 0) is 13.6 Å². The first-order valence-corrected chi connectivity index (χ1v) is 6.67. The second-order valence-electron chi connectivity index (χ2n) is 3.07. The SMILES string of the molecule is CCOP(=O)(Nc1ccc(N)cc1)OCC. The van der Waals surface area contributed by atoms with Crippen LogP contribution in [0.2, 0.25) is 0 Å². The maximum atomic E-state index is 12.1. The minimum absolute atomic E-state index is 0.319. The van der Waals surface area contributed by atoms with Gasteiger partial charge in [-0.2, -0.15) is 0 Å². The monoisotopic (exact) mass is 244 g/mol. The molecule has 0 aliphatic heterocycles. The zero-order valence-electron chi connectivity index (χ0n) is 9.47. The molecule has 1 aromatic rings. The molecule has 1 aromatic carbocycles. The number of nitrogen functional groups attached to an aromatic ring is 1. The Morgan fingerprint density at radius 1 is 1.19 bits per heavy atom. The fourth-order valence-electron chi connectivity index (χ4n) is 1.16. The van der Waals surface area contributed by atoms with E-state index in [1.807, 2.05) is 0 Å². The van der Waals surface area contributed by atoms with Gasteiger partial charge in [0.1, 0.15) is 0 Å². The summed E-state index contributed by atoms with van der Waals surface area (Å²) in [5.41, 5.74) is 6.85. The highest BCUT2D eigenvalue weighted by Crippen LogP contribution is 2.47. The number of nitrogens with two attached hydrogens (primary N) is 1. The van der Waals surface area contributed by atoms with E-state index in [1.54, 1.807) is 38.1 Å². The predicted octanol–water partition coefficient (Wildman–Crippen LogP) is 2.86. The largest absolute Gasteiger partial charge is 0.432 e. The van der Waals surface area contributed by atoms with E-state index in [0.29, 0.717) is 24.6 Å². The van der Waals surface area contributed by atoms with E-state index in [0.717, 1.165) is 0 Å². The van der Waals surface area contributed by atoms with Crippen molar-refractivity contribution < 1.29 is 13.6 Å². The predicted molar refractivity (Wildman–Crippen MR) is 65.3 cm³/mol. The van der Waals surface area contributed by atoms with Crippen LogP contribution < -0.4 is 10.8 Å². The van der Waals surface area contributed by atoms with Crippen molar-refractivity contribution in [3.8, 4) is 0 Å². The second kappa shape index (κ2) is 5.89. The normalized spacial score (nSPS) is 11.4. The Morgan fingerprint density at radius 3 is 2.12 bits per heavy atom. The average molecular weight is 244 g/mol. The molecule has 0 heterocycles. The van der Waals surface area contributed by atoms with Crippen molar-refractivity contribution in [2.45, 2.75) is 13.8 Å². The molecule has 0 amide bonds. The number of hydrogen-bond donors (Lipinski definition) is 2. The summed E-state index contributed by atoms with van der Waals surface area (Å²) in [6.07, 6.45) is 0. The Bertz CT molecular complexity index is 357. The molecule has 5 nitrogen and oxygen atoms in total. The Labute approximate surface area is 95.5 Å². The molecule has 0 aromatic heterocycles. The number of rotatable bonds is 6. The van der Waals surface area contributed by atoms with E-state index in [9.17, 15) is 4.57 Å². The van der Waals surface area contributed by atoms with Crippen molar-refractivity contribution in [3.63, 3.8) is 0 Å². The molecule has 0 fully saturated rings. The van der Waals surface area contributed by atoms with Crippen LogP contribution in [0.3, 0.4) is 0 Å². The molecule has 0 radical (unpaired) electrons. The van der Waals surface area contributed by atoms with Crippen molar-refractivity contribution in [2.75, 3.05) is 24.0 Å². The van der Waals surface area contributed by atoms with Crippen molar-refractivity contribution in [1.82, 2.24) is 0 Å². The maximum Gasteiger partial charge on any atom is 0.432 e. The number of nitrogens with one attached hydrogen (secondary N) is 1. The first-order valence-electron chi connectivity index (χ1n) is 5.12. The van der Waals surface area contributed by atoms with Gasteiger partial charge in [0.2, 0.25) is 0 Å². The van der Waals surface area contributed by atoms with E-state index in [4.69, 9.17) is 14.8 Å². The highest BCUT2D eigenvalue weighted by Gasteiger charge is 2.23. The summed E-state index contributed by atoms with van der Waals surface area (Å²) in [5, 5.41) is 2.74. The Balaban J connectivity index is 2.75. The van der Waals surface area contributed by atoms with E-state index in [1.165, 1.54) is 0 Å². The summed E-state index contributed by atoms with van der Waals surface area (Å²) in [5.74, 6) is 0. The zero-order chi connectivity index (χ0) is 12.0. The van der Waals surface area contributed by atoms with Crippen molar-refractivity contribution in [2.24, 2.45) is 0 Å². The third kappa shape index (κ3) is 3.85. The van der Waals surface area contributed by atoms with E-state index in [2.05, 4.69) is 5.09 Å². The molecule has 0 aliphatic carbocycles. The smallest absolute Gasteiger partial charge is 0.399 e. The standard InChI is InChI=1S/C10H17N2O3P/c1-3-14-16(13,15-4-2)12-10-7-5-9(11)6-8-10/h5-8H,3-4,11H2,1-2H3,(H,12,13). The van der Waals surface area contributed by atoms with Crippen LogP contribution in [0.1, 0.15) is 13.8 Å². The molecule has 6 heteroatoms. The van der Waals surface area contributed by atoms with Gasteiger partial charge in [0.25, 0.3) is 0 Å². The summed E-state index contributed by atoms with van der Waals surface area (Å²) < 4.78 is 22.3. The van der Waals surface area contributed by atoms with Crippen molar-refractivity contribution in [1.29, 1.82) is 0 Å². The van der Waals surface area contributed by atoms with Gasteiger partial charge < -0.3 is 5.73 Å². The van der Waals surface area contributed by atoms with Gasteiger partial charge in [0, 0.05) is 11.4 Å². The molecule has 1 rings (SSSR count). The fraction of sp³-hybridized carbons (Fsp3) is 0.400. The van der Waals surface area contributed by atoms with Gasteiger partial charge >= 0.3 is 7.75 Å². The Morgan fingerprint density at radius 2 is 1.69 bits per heavy atom. The summed E-state index contributed by atoms with van der Waals surface area (Å²) >= 11 is 0. The van der Waals surface area contributed by atoms with Gasteiger partial charge in [-0.1, -0.05) is 0 Å². The van der Waals surface area contributed by atoms with Crippen molar-refractivity contribution in [3.05, 3.63) is 24.3 Å². The van der Waals surface area contributed by atoms with Crippen LogP contribution in [0.15, 0.2) is 24.3 Å². The van der Waals surface area contributed by atoms with Crippen LogP contribution in [-0.4, -0.2) is 13.2 Å². The van der Waals surface area contributed by atoms with Crippen LogP contribution in [0, 0.1) is 0 Å².